The van der Waals surface area contributed by atoms with Gasteiger partial charge in [-0.15, -0.1) is 0 Å². The van der Waals surface area contributed by atoms with Gasteiger partial charge in [-0.3, -0.25) is 28.8 Å². The Morgan fingerprint density at radius 1 is 0.875 bits per heavy atom. The minimum atomic E-state index is -3.89. The van der Waals surface area contributed by atoms with Gasteiger partial charge in [0.15, 0.2) is 5.78 Å². The molecule has 0 bridgehead atoms. The summed E-state index contributed by atoms with van der Waals surface area (Å²) in [5.74, 6) is -1.50. The number of hydrogen-bond acceptors (Lipinski definition) is 6. The highest BCUT2D eigenvalue weighted by atomic mass is 32.2. The molecule has 2 aromatic rings. The number of fused-ring (bicyclic) bond motifs is 1. The zero-order valence-electron chi connectivity index (χ0n) is 17.5. The summed E-state index contributed by atoms with van der Waals surface area (Å²) in [7, 11) is -3.89. The van der Waals surface area contributed by atoms with Crippen LogP contribution < -0.4 is 4.72 Å². The quantitative estimate of drug-likeness (QED) is 0.710. The summed E-state index contributed by atoms with van der Waals surface area (Å²) >= 11 is 0. The molecule has 4 rings (SSSR count). The maximum Gasteiger partial charge on any atom is 0.262 e. The zero-order valence-corrected chi connectivity index (χ0v) is 18.3. The van der Waals surface area contributed by atoms with Gasteiger partial charge in [0.1, 0.15) is 5.78 Å². The fourth-order valence-corrected chi connectivity index (χ4v) is 5.07. The molecule has 1 saturated carbocycles. The minimum absolute atomic E-state index is 0.00640. The standard InChI is InChI=1S/C23H22N2O6S/c1-14-5-9-17(10-6-14)32(30,31)24-15-7-11-18-19(13-15)23(29)25(22(18)28)20-12-8-16(26)3-2-4-21(20)27/h5-7,9-11,13,20,24H,2-4,8,12H2,1H3. The van der Waals surface area contributed by atoms with Crippen LogP contribution in [-0.2, 0) is 19.6 Å². The van der Waals surface area contributed by atoms with Crippen LogP contribution in [0.2, 0.25) is 0 Å². The van der Waals surface area contributed by atoms with Crippen LogP contribution in [0.5, 0.6) is 0 Å². The van der Waals surface area contributed by atoms with Crippen LogP contribution in [0, 0.1) is 6.92 Å². The van der Waals surface area contributed by atoms with Crippen LogP contribution >= 0.6 is 0 Å². The Balaban J connectivity index is 1.61. The van der Waals surface area contributed by atoms with Crippen molar-refractivity contribution in [3.8, 4) is 0 Å². The van der Waals surface area contributed by atoms with Crippen molar-refractivity contribution in [2.45, 2.75) is 50.0 Å². The monoisotopic (exact) mass is 454 g/mol. The van der Waals surface area contributed by atoms with Gasteiger partial charge < -0.3 is 0 Å². The van der Waals surface area contributed by atoms with E-state index in [9.17, 15) is 27.6 Å². The molecule has 1 heterocycles. The number of rotatable bonds is 4. The van der Waals surface area contributed by atoms with E-state index in [0.29, 0.717) is 12.8 Å². The number of aryl methyl sites for hydroxylation is 1. The largest absolute Gasteiger partial charge is 0.300 e. The second kappa shape index (κ2) is 8.31. The topological polar surface area (TPSA) is 118 Å². The van der Waals surface area contributed by atoms with Crippen LogP contribution in [0.25, 0.3) is 0 Å². The molecule has 1 aliphatic carbocycles. The lowest BCUT2D eigenvalue weighted by atomic mass is 9.94. The van der Waals surface area contributed by atoms with Crippen molar-refractivity contribution in [3.05, 3.63) is 59.2 Å². The molecule has 0 aromatic heterocycles. The summed E-state index contributed by atoms with van der Waals surface area (Å²) in [4.78, 5) is 51.4. The third-order valence-corrected chi connectivity index (χ3v) is 7.16. The molecular weight excluding hydrogens is 432 g/mol. The molecule has 1 atom stereocenters. The lowest BCUT2D eigenvalue weighted by molar-refractivity contribution is -0.125. The van der Waals surface area contributed by atoms with Crippen LogP contribution in [0.15, 0.2) is 47.4 Å². The summed E-state index contributed by atoms with van der Waals surface area (Å²) in [6.07, 6.45) is 1.10. The average Bonchev–Trinajstić information content (AvgIpc) is 2.97. The molecule has 32 heavy (non-hydrogen) atoms. The van der Waals surface area contributed by atoms with Crippen molar-refractivity contribution in [1.29, 1.82) is 0 Å². The van der Waals surface area contributed by atoms with Gasteiger partial charge in [0.05, 0.1) is 22.1 Å². The SMILES string of the molecule is Cc1ccc(S(=O)(=O)Nc2ccc3c(c2)C(=O)N(C2CCC(=O)CCCC2=O)C3=O)cc1. The van der Waals surface area contributed by atoms with Gasteiger partial charge in [0.25, 0.3) is 21.8 Å². The van der Waals surface area contributed by atoms with E-state index in [4.69, 9.17) is 0 Å². The molecule has 1 unspecified atom stereocenters. The molecule has 2 aliphatic rings. The lowest BCUT2D eigenvalue weighted by Crippen LogP contribution is -2.45. The first-order valence-corrected chi connectivity index (χ1v) is 11.8. The second-order valence-corrected chi connectivity index (χ2v) is 9.75. The van der Waals surface area contributed by atoms with Crippen molar-refractivity contribution in [2.24, 2.45) is 0 Å². The smallest absolute Gasteiger partial charge is 0.262 e. The Hall–Kier alpha value is -3.33. The molecule has 9 heteroatoms. The van der Waals surface area contributed by atoms with E-state index in [1.807, 2.05) is 6.92 Å². The van der Waals surface area contributed by atoms with Gasteiger partial charge in [0, 0.05) is 24.9 Å². The summed E-state index contributed by atoms with van der Waals surface area (Å²) in [5.41, 5.74) is 1.18. The van der Waals surface area contributed by atoms with Crippen LogP contribution in [-0.4, -0.2) is 42.7 Å². The molecule has 1 fully saturated rings. The number of nitrogens with one attached hydrogen (secondary N) is 1. The number of carbonyl (C=O) groups is 4. The normalized spacial score (nSPS) is 19.5. The Morgan fingerprint density at radius 3 is 2.28 bits per heavy atom. The summed E-state index contributed by atoms with van der Waals surface area (Å²) < 4.78 is 27.8. The predicted molar refractivity (Wildman–Crippen MR) is 116 cm³/mol. The Kier molecular flexibility index (Phi) is 5.68. The number of imide groups is 1. The number of hydrogen-bond donors (Lipinski definition) is 1. The highest BCUT2D eigenvalue weighted by molar-refractivity contribution is 7.92. The van der Waals surface area contributed by atoms with Gasteiger partial charge in [-0.25, -0.2) is 8.42 Å². The molecule has 0 radical (unpaired) electrons. The number of nitrogens with zero attached hydrogens (tertiary/aromatic N) is 1. The van der Waals surface area contributed by atoms with Crippen LogP contribution in [0.1, 0.15) is 58.4 Å². The molecule has 166 valence electrons. The molecule has 1 N–H and O–H groups in total. The number of ketones is 2. The Morgan fingerprint density at radius 2 is 1.56 bits per heavy atom. The molecule has 2 aromatic carbocycles. The Bertz CT molecular complexity index is 1230. The fourth-order valence-electron chi connectivity index (χ4n) is 4.02. The van der Waals surface area contributed by atoms with E-state index in [1.165, 1.54) is 30.3 Å². The average molecular weight is 455 g/mol. The number of sulfonamides is 1. The number of anilines is 1. The van der Waals surface area contributed by atoms with Crippen molar-refractivity contribution in [2.75, 3.05) is 4.72 Å². The van der Waals surface area contributed by atoms with Gasteiger partial charge >= 0.3 is 0 Å². The Labute approximate surface area is 185 Å². The van der Waals surface area contributed by atoms with E-state index in [-0.39, 0.29) is 52.5 Å². The van der Waals surface area contributed by atoms with E-state index in [1.54, 1.807) is 12.1 Å². The number of amides is 2. The number of Topliss-reactive ketones (excluding diaryl/α,β-unsaturated/α-hetero) is 2. The van der Waals surface area contributed by atoms with E-state index in [2.05, 4.69) is 4.72 Å². The van der Waals surface area contributed by atoms with E-state index < -0.39 is 27.9 Å². The van der Waals surface area contributed by atoms with Crippen LogP contribution in [0.4, 0.5) is 5.69 Å². The van der Waals surface area contributed by atoms with E-state index in [0.717, 1.165) is 10.5 Å². The maximum atomic E-state index is 13.0. The van der Waals surface area contributed by atoms with Crippen LogP contribution in [0.3, 0.4) is 0 Å². The van der Waals surface area contributed by atoms with Crippen molar-refractivity contribution >= 4 is 39.1 Å². The molecule has 2 amide bonds. The molecule has 0 spiro atoms. The summed E-state index contributed by atoms with van der Waals surface area (Å²) in [6, 6.07) is 9.40. The van der Waals surface area contributed by atoms with Crippen molar-refractivity contribution in [3.63, 3.8) is 0 Å². The predicted octanol–water partition coefficient (Wildman–Crippen LogP) is 2.86. The third-order valence-electron chi connectivity index (χ3n) is 5.76. The van der Waals surface area contributed by atoms with Gasteiger partial charge in [-0.2, -0.15) is 0 Å². The first-order valence-electron chi connectivity index (χ1n) is 10.3. The molecule has 8 nitrogen and oxygen atoms in total. The zero-order chi connectivity index (χ0) is 23.0. The fraction of sp³-hybridized carbons (Fsp3) is 0.304. The third kappa shape index (κ3) is 4.08. The maximum absolute atomic E-state index is 13.0. The van der Waals surface area contributed by atoms with Crippen molar-refractivity contribution < 1.29 is 27.6 Å². The lowest BCUT2D eigenvalue weighted by Gasteiger charge is -2.26. The number of benzene rings is 2. The second-order valence-electron chi connectivity index (χ2n) is 8.07. The minimum Gasteiger partial charge on any atom is -0.300 e. The van der Waals surface area contributed by atoms with E-state index >= 15 is 0 Å². The van der Waals surface area contributed by atoms with Gasteiger partial charge in [-0.05, 0) is 50.1 Å². The highest BCUT2D eigenvalue weighted by Crippen LogP contribution is 2.31. The highest BCUT2D eigenvalue weighted by Gasteiger charge is 2.43. The summed E-state index contributed by atoms with van der Waals surface area (Å²) in [5, 5.41) is 0. The van der Waals surface area contributed by atoms with Gasteiger partial charge in [0.2, 0.25) is 0 Å². The first-order chi connectivity index (χ1) is 15.2. The molecular formula is C23H22N2O6S. The molecule has 0 saturated heterocycles. The van der Waals surface area contributed by atoms with Gasteiger partial charge in [-0.1, -0.05) is 17.7 Å². The first kappa shape index (κ1) is 21.9. The molecule has 1 aliphatic heterocycles. The summed E-state index contributed by atoms with van der Waals surface area (Å²) in [6.45, 7) is 1.84. The number of carbonyl (C=O) groups excluding carboxylic acids is 4. The van der Waals surface area contributed by atoms with Crippen molar-refractivity contribution in [1.82, 2.24) is 4.90 Å².